The molecule has 118 valence electrons. The van der Waals surface area contributed by atoms with Crippen LogP contribution in [-0.2, 0) is 14.3 Å². The highest BCUT2D eigenvalue weighted by atomic mass is 16.5. The number of carbonyl (C=O) groups excluding carboxylic acids is 2. The van der Waals surface area contributed by atoms with Gasteiger partial charge >= 0.3 is 5.97 Å². The molecule has 1 saturated heterocycles. The van der Waals surface area contributed by atoms with Gasteiger partial charge in [-0.15, -0.1) is 0 Å². The van der Waals surface area contributed by atoms with Crippen molar-refractivity contribution < 1.29 is 35.4 Å². The quantitative estimate of drug-likeness (QED) is 0.360. The van der Waals surface area contributed by atoms with Crippen LogP contribution in [0.1, 0.15) is 20.3 Å². The van der Waals surface area contributed by atoms with Gasteiger partial charge in [0.15, 0.2) is 6.04 Å². The number of carbonyl (C=O) groups is 2. The molecule has 21 heavy (non-hydrogen) atoms. The molecule has 2 aliphatic rings. The van der Waals surface area contributed by atoms with Gasteiger partial charge in [0, 0.05) is 12.3 Å². The summed E-state index contributed by atoms with van der Waals surface area (Å²) >= 11 is 0. The van der Waals surface area contributed by atoms with Crippen LogP contribution in [0.2, 0.25) is 0 Å². The number of nitrogens with one attached hydrogen (secondary N) is 1. The fourth-order valence-electron chi connectivity index (χ4n) is 2.79. The van der Waals surface area contributed by atoms with E-state index in [1.807, 2.05) is 0 Å². The Bertz CT molecular complexity index is 489. The molecule has 1 heterocycles. The lowest BCUT2D eigenvalue weighted by Crippen LogP contribution is -2.69. The van der Waals surface area contributed by atoms with E-state index in [0.717, 1.165) is 0 Å². The van der Waals surface area contributed by atoms with Crippen LogP contribution in [0, 0.1) is 5.92 Å². The summed E-state index contributed by atoms with van der Waals surface area (Å²) in [5, 5.41) is 32.5. The summed E-state index contributed by atoms with van der Waals surface area (Å²) in [5.41, 5.74) is 3.53. The summed E-state index contributed by atoms with van der Waals surface area (Å²) in [4.78, 5) is 23.8. The van der Waals surface area contributed by atoms with E-state index in [-0.39, 0.29) is 23.7 Å². The Hall–Kier alpha value is -1.64. The Morgan fingerprint density at radius 1 is 1.48 bits per heavy atom. The Kier molecular flexibility index (Phi) is 4.22. The fraction of sp³-hybridized carbons (Fsp3) is 0.692. The number of aliphatic hydroxyl groups excluding tert-OH is 3. The minimum Gasteiger partial charge on any atom is -0.512 e. The number of amides is 1. The maximum atomic E-state index is 11.9. The van der Waals surface area contributed by atoms with Crippen molar-refractivity contribution in [3.05, 3.63) is 11.3 Å². The molecular weight excluding hydrogens is 280 g/mol. The molecular formula is C13H21N2O6+. The van der Waals surface area contributed by atoms with E-state index in [1.54, 1.807) is 13.8 Å². The predicted octanol–water partition coefficient (Wildman–Crippen LogP) is -2.40. The molecule has 1 fully saturated rings. The average Bonchev–Trinajstić information content (AvgIpc) is 2.38. The molecule has 7 N–H and O–H groups in total. The fourth-order valence-corrected chi connectivity index (χ4v) is 2.79. The third-order valence-electron chi connectivity index (χ3n) is 3.97. The second-order valence-corrected chi connectivity index (χ2v) is 5.69. The highest BCUT2D eigenvalue weighted by molar-refractivity contribution is 5.91. The molecule has 0 radical (unpaired) electrons. The molecule has 0 aromatic carbocycles. The van der Waals surface area contributed by atoms with Crippen molar-refractivity contribution in [3.8, 4) is 0 Å². The molecule has 6 unspecified atom stereocenters. The van der Waals surface area contributed by atoms with Crippen LogP contribution in [0.25, 0.3) is 0 Å². The smallest absolute Gasteiger partial charge is 0.338 e. The second kappa shape index (κ2) is 5.63. The number of hydrogen-bond donors (Lipinski definition) is 5. The van der Waals surface area contributed by atoms with Crippen molar-refractivity contribution in [2.24, 2.45) is 5.92 Å². The zero-order chi connectivity index (χ0) is 15.9. The highest BCUT2D eigenvalue weighted by Gasteiger charge is 2.51. The van der Waals surface area contributed by atoms with Crippen LogP contribution in [0.5, 0.6) is 0 Å². The minimum atomic E-state index is -1.27. The third kappa shape index (κ3) is 2.74. The topological polar surface area (TPSA) is 144 Å². The summed E-state index contributed by atoms with van der Waals surface area (Å²) < 4.78 is 5.12. The van der Waals surface area contributed by atoms with Crippen LogP contribution in [0.4, 0.5) is 0 Å². The molecule has 0 saturated carbocycles. The largest absolute Gasteiger partial charge is 0.512 e. The molecule has 6 atom stereocenters. The normalized spacial score (nSPS) is 37.6. The summed E-state index contributed by atoms with van der Waals surface area (Å²) in [6, 6.07) is -1.26. The average molecular weight is 301 g/mol. The number of cyclic esters (lactones) is 1. The van der Waals surface area contributed by atoms with E-state index in [4.69, 9.17) is 4.74 Å². The Labute approximate surface area is 121 Å². The minimum absolute atomic E-state index is 0.0760. The number of aliphatic hydroxyl groups is 3. The van der Waals surface area contributed by atoms with Gasteiger partial charge in [-0.2, -0.15) is 0 Å². The van der Waals surface area contributed by atoms with Gasteiger partial charge < -0.3 is 31.1 Å². The van der Waals surface area contributed by atoms with Crippen molar-refractivity contribution in [1.82, 2.24) is 5.32 Å². The zero-order valence-electron chi connectivity index (χ0n) is 11.9. The number of ether oxygens (including phenoxy) is 1. The molecule has 8 nitrogen and oxygen atoms in total. The molecule has 0 bridgehead atoms. The number of esters is 1. The number of fused-ring (bicyclic) bond motifs is 1. The van der Waals surface area contributed by atoms with Gasteiger partial charge in [0.2, 0.25) is 0 Å². The van der Waals surface area contributed by atoms with Crippen molar-refractivity contribution in [2.75, 3.05) is 0 Å². The molecule has 0 aromatic rings. The maximum absolute atomic E-state index is 11.9. The molecule has 0 aromatic heterocycles. The lowest BCUT2D eigenvalue weighted by molar-refractivity contribution is -0.398. The van der Waals surface area contributed by atoms with Gasteiger partial charge in [0.05, 0.1) is 23.8 Å². The zero-order valence-corrected chi connectivity index (χ0v) is 11.9. The Balaban J connectivity index is 2.37. The first-order chi connectivity index (χ1) is 9.73. The van der Waals surface area contributed by atoms with Crippen molar-refractivity contribution in [2.45, 2.75) is 50.7 Å². The first-order valence-corrected chi connectivity index (χ1v) is 6.86. The predicted molar refractivity (Wildman–Crippen MR) is 69.6 cm³/mol. The SMILES string of the molecule is CC([NH3+])C(=O)NC1C(C)OC(=O)C2=C(O)CC(O)C(O)C21. The number of quaternary nitrogens is 1. The molecule has 2 rings (SSSR count). The Morgan fingerprint density at radius 2 is 2.10 bits per heavy atom. The van der Waals surface area contributed by atoms with Gasteiger partial charge in [-0.05, 0) is 13.8 Å². The lowest BCUT2D eigenvalue weighted by atomic mass is 9.74. The van der Waals surface area contributed by atoms with Crippen molar-refractivity contribution in [3.63, 3.8) is 0 Å². The molecule has 1 aliphatic heterocycles. The molecule has 1 aliphatic carbocycles. The third-order valence-corrected chi connectivity index (χ3v) is 3.97. The van der Waals surface area contributed by atoms with E-state index in [2.05, 4.69) is 11.1 Å². The summed E-state index contributed by atoms with van der Waals surface area (Å²) in [7, 11) is 0. The summed E-state index contributed by atoms with van der Waals surface area (Å²) in [6.45, 7) is 3.19. The monoisotopic (exact) mass is 301 g/mol. The van der Waals surface area contributed by atoms with E-state index in [0.29, 0.717) is 0 Å². The lowest BCUT2D eigenvalue weighted by Gasteiger charge is -2.43. The van der Waals surface area contributed by atoms with Crippen molar-refractivity contribution >= 4 is 11.9 Å². The molecule has 0 spiro atoms. The second-order valence-electron chi connectivity index (χ2n) is 5.69. The van der Waals surface area contributed by atoms with Gasteiger partial charge in [0.25, 0.3) is 5.91 Å². The maximum Gasteiger partial charge on any atom is 0.338 e. The van der Waals surface area contributed by atoms with Gasteiger partial charge in [-0.1, -0.05) is 0 Å². The van der Waals surface area contributed by atoms with Crippen LogP contribution >= 0.6 is 0 Å². The Morgan fingerprint density at radius 3 is 2.67 bits per heavy atom. The van der Waals surface area contributed by atoms with E-state index in [9.17, 15) is 24.9 Å². The number of rotatable bonds is 2. The van der Waals surface area contributed by atoms with E-state index in [1.165, 1.54) is 0 Å². The van der Waals surface area contributed by atoms with Gasteiger partial charge in [-0.25, -0.2) is 4.79 Å². The highest BCUT2D eigenvalue weighted by Crippen LogP contribution is 2.37. The van der Waals surface area contributed by atoms with Crippen LogP contribution in [0.15, 0.2) is 11.3 Å². The van der Waals surface area contributed by atoms with Crippen LogP contribution in [0.3, 0.4) is 0 Å². The summed E-state index contributed by atoms with van der Waals surface area (Å²) in [6.07, 6.45) is -3.38. The van der Waals surface area contributed by atoms with Gasteiger partial charge in [0.1, 0.15) is 11.9 Å². The van der Waals surface area contributed by atoms with E-state index < -0.39 is 42.3 Å². The first-order valence-electron chi connectivity index (χ1n) is 6.86. The van der Waals surface area contributed by atoms with Crippen LogP contribution < -0.4 is 11.1 Å². The van der Waals surface area contributed by atoms with Crippen LogP contribution in [-0.4, -0.2) is 57.6 Å². The molecule has 8 heteroatoms. The standard InChI is InChI=1S/C13H20N2O6/c1-4(14)12(19)15-10-5(2)21-13(20)8-6(16)3-7(17)11(18)9(8)10/h4-5,7,9-11,16-18H,3,14H2,1-2H3,(H,15,19)/p+1. The van der Waals surface area contributed by atoms with Gasteiger partial charge in [-0.3, -0.25) is 4.79 Å². The van der Waals surface area contributed by atoms with Crippen molar-refractivity contribution in [1.29, 1.82) is 0 Å². The van der Waals surface area contributed by atoms with E-state index >= 15 is 0 Å². The number of hydrogen-bond acceptors (Lipinski definition) is 6. The first kappa shape index (κ1) is 15.7. The summed E-state index contributed by atoms with van der Waals surface area (Å²) in [5.74, 6) is -2.32. The molecule has 1 amide bonds.